The SMILES string of the molecule is O=C(CCC1CCCC1)N1CCCC(c2nccn2Cc2ccccn2)C1. The quantitative estimate of drug-likeness (QED) is 0.776. The van der Waals surface area contributed by atoms with Crippen LogP contribution in [0.15, 0.2) is 36.8 Å². The number of piperidine rings is 1. The minimum atomic E-state index is 0.327. The zero-order chi connectivity index (χ0) is 18.5. The maximum Gasteiger partial charge on any atom is 0.222 e. The van der Waals surface area contributed by atoms with Crippen molar-refractivity contribution in [2.75, 3.05) is 13.1 Å². The predicted octanol–water partition coefficient (Wildman–Crippen LogP) is 4.00. The van der Waals surface area contributed by atoms with Crippen LogP contribution in [0.2, 0.25) is 0 Å². The highest BCUT2D eigenvalue weighted by Gasteiger charge is 2.28. The molecule has 1 amide bonds. The van der Waals surface area contributed by atoms with Gasteiger partial charge in [0.25, 0.3) is 0 Å². The first-order valence-electron chi connectivity index (χ1n) is 10.5. The van der Waals surface area contributed by atoms with Crippen LogP contribution in [0.1, 0.15) is 68.8 Å². The van der Waals surface area contributed by atoms with Crippen molar-refractivity contribution in [3.8, 4) is 0 Å². The molecule has 1 aliphatic carbocycles. The van der Waals surface area contributed by atoms with E-state index in [0.29, 0.717) is 11.8 Å². The molecule has 27 heavy (non-hydrogen) atoms. The fraction of sp³-hybridized carbons (Fsp3) is 0.591. The zero-order valence-corrected chi connectivity index (χ0v) is 16.1. The van der Waals surface area contributed by atoms with Crippen molar-refractivity contribution in [3.05, 3.63) is 48.3 Å². The molecule has 1 aliphatic heterocycles. The third kappa shape index (κ3) is 4.57. The lowest BCUT2D eigenvalue weighted by molar-refractivity contribution is -0.132. The number of aromatic nitrogens is 3. The highest BCUT2D eigenvalue weighted by Crippen LogP contribution is 2.30. The lowest BCUT2D eigenvalue weighted by atomic mass is 9.95. The molecule has 1 unspecified atom stereocenters. The number of carbonyl (C=O) groups is 1. The standard InChI is InChI=1S/C22H30N4O/c27-21(11-10-18-6-1-2-7-18)25-14-5-8-19(16-25)22-24-13-15-26(22)17-20-9-3-4-12-23-20/h3-4,9,12-13,15,18-19H,1-2,5-8,10-11,14,16-17H2. The van der Waals surface area contributed by atoms with Gasteiger partial charge in [-0.3, -0.25) is 9.78 Å². The predicted molar refractivity (Wildman–Crippen MR) is 105 cm³/mol. The summed E-state index contributed by atoms with van der Waals surface area (Å²) in [6.45, 7) is 2.45. The molecule has 0 aromatic carbocycles. The number of nitrogens with zero attached hydrogens (tertiary/aromatic N) is 4. The van der Waals surface area contributed by atoms with Gasteiger partial charge in [0.15, 0.2) is 0 Å². The van der Waals surface area contributed by atoms with E-state index in [1.165, 1.54) is 25.7 Å². The van der Waals surface area contributed by atoms with E-state index in [1.54, 1.807) is 0 Å². The first-order valence-corrected chi connectivity index (χ1v) is 10.5. The van der Waals surface area contributed by atoms with Crippen molar-refractivity contribution < 1.29 is 4.79 Å². The summed E-state index contributed by atoms with van der Waals surface area (Å²) in [5.41, 5.74) is 1.04. The topological polar surface area (TPSA) is 51.0 Å². The summed E-state index contributed by atoms with van der Waals surface area (Å²) in [6.07, 6.45) is 15.0. The molecule has 2 aromatic rings. The molecule has 0 bridgehead atoms. The van der Waals surface area contributed by atoms with Crippen molar-refractivity contribution in [1.29, 1.82) is 0 Å². The molecule has 2 aliphatic rings. The number of amides is 1. The third-order valence-corrected chi connectivity index (χ3v) is 6.19. The molecule has 3 heterocycles. The van der Waals surface area contributed by atoms with Gasteiger partial charge in [-0.15, -0.1) is 0 Å². The molecule has 4 rings (SSSR count). The Morgan fingerprint density at radius 2 is 1.96 bits per heavy atom. The van der Waals surface area contributed by atoms with Crippen molar-refractivity contribution in [1.82, 2.24) is 19.4 Å². The number of hydrogen-bond donors (Lipinski definition) is 0. The summed E-state index contributed by atoms with van der Waals surface area (Å²) >= 11 is 0. The van der Waals surface area contributed by atoms with Crippen molar-refractivity contribution in [2.45, 2.75) is 63.8 Å². The van der Waals surface area contributed by atoms with Crippen molar-refractivity contribution in [2.24, 2.45) is 5.92 Å². The van der Waals surface area contributed by atoms with E-state index in [-0.39, 0.29) is 0 Å². The maximum absolute atomic E-state index is 12.7. The van der Waals surface area contributed by atoms with Crippen LogP contribution >= 0.6 is 0 Å². The summed E-state index contributed by atoms with van der Waals surface area (Å²) in [4.78, 5) is 23.9. The number of pyridine rings is 1. The highest BCUT2D eigenvalue weighted by atomic mass is 16.2. The summed E-state index contributed by atoms with van der Waals surface area (Å²) in [7, 11) is 0. The molecule has 0 spiro atoms. The molecule has 2 aromatic heterocycles. The van der Waals surface area contributed by atoms with Crippen molar-refractivity contribution in [3.63, 3.8) is 0 Å². The fourth-order valence-electron chi connectivity index (χ4n) is 4.68. The maximum atomic E-state index is 12.7. The molecule has 1 atom stereocenters. The molecule has 5 nitrogen and oxygen atoms in total. The second-order valence-corrected chi connectivity index (χ2v) is 8.10. The molecule has 5 heteroatoms. The molecular formula is C22H30N4O. The monoisotopic (exact) mass is 366 g/mol. The molecular weight excluding hydrogens is 336 g/mol. The first-order chi connectivity index (χ1) is 13.3. The summed E-state index contributed by atoms with van der Waals surface area (Å²) in [5, 5.41) is 0. The van der Waals surface area contributed by atoms with Gasteiger partial charge in [0.2, 0.25) is 5.91 Å². The molecule has 144 valence electrons. The average molecular weight is 367 g/mol. The van der Waals surface area contributed by atoms with E-state index in [1.807, 2.05) is 36.8 Å². The minimum Gasteiger partial charge on any atom is -0.342 e. The number of likely N-dealkylation sites (tertiary alicyclic amines) is 1. The van der Waals surface area contributed by atoms with Crippen LogP contribution in [0.3, 0.4) is 0 Å². The number of imidazole rings is 1. The van der Waals surface area contributed by atoms with Crippen molar-refractivity contribution >= 4 is 5.91 Å². The average Bonchev–Trinajstić information content (AvgIpc) is 3.39. The zero-order valence-electron chi connectivity index (χ0n) is 16.1. The second kappa shape index (κ2) is 8.68. The normalized spacial score (nSPS) is 20.9. The van der Waals surface area contributed by atoms with Gasteiger partial charge in [-0.1, -0.05) is 31.7 Å². The van der Waals surface area contributed by atoms with Gasteiger partial charge in [0.05, 0.1) is 12.2 Å². The highest BCUT2D eigenvalue weighted by molar-refractivity contribution is 5.76. The fourth-order valence-corrected chi connectivity index (χ4v) is 4.68. The van der Waals surface area contributed by atoms with E-state index in [2.05, 4.69) is 19.4 Å². The number of hydrogen-bond acceptors (Lipinski definition) is 3. The van der Waals surface area contributed by atoms with E-state index in [0.717, 1.165) is 62.8 Å². The molecule has 2 fully saturated rings. The molecule has 0 radical (unpaired) electrons. The lowest BCUT2D eigenvalue weighted by Crippen LogP contribution is -2.39. The summed E-state index contributed by atoms with van der Waals surface area (Å²) in [5.74, 6) is 2.54. The number of carbonyl (C=O) groups excluding carboxylic acids is 1. The molecule has 0 N–H and O–H groups in total. The van der Waals surface area contributed by atoms with Gasteiger partial charge in [-0.2, -0.15) is 0 Å². The van der Waals surface area contributed by atoms with Crippen LogP contribution in [0.5, 0.6) is 0 Å². The minimum absolute atomic E-state index is 0.327. The Bertz CT molecular complexity index is 736. The Labute approximate surface area is 161 Å². The summed E-state index contributed by atoms with van der Waals surface area (Å²) < 4.78 is 2.19. The second-order valence-electron chi connectivity index (χ2n) is 8.10. The van der Waals surface area contributed by atoms with Gasteiger partial charge < -0.3 is 9.47 Å². The first kappa shape index (κ1) is 18.2. The largest absolute Gasteiger partial charge is 0.342 e. The van der Waals surface area contributed by atoms with E-state index >= 15 is 0 Å². The Hall–Kier alpha value is -2.17. The van der Waals surface area contributed by atoms with Gasteiger partial charge in [-0.25, -0.2) is 4.98 Å². The van der Waals surface area contributed by atoms with Gasteiger partial charge in [-0.05, 0) is 37.3 Å². The molecule has 1 saturated carbocycles. The van der Waals surface area contributed by atoms with E-state index in [9.17, 15) is 4.79 Å². The Balaban J connectivity index is 1.37. The number of rotatable bonds is 6. The molecule has 1 saturated heterocycles. The van der Waals surface area contributed by atoms with Crippen LogP contribution in [0, 0.1) is 5.92 Å². The van der Waals surface area contributed by atoms with Gasteiger partial charge in [0, 0.05) is 44.0 Å². The van der Waals surface area contributed by atoms with Crippen LogP contribution in [-0.4, -0.2) is 38.4 Å². The van der Waals surface area contributed by atoms with E-state index in [4.69, 9.17) is 0 Å². The van der Waals surface area contributed by atoms with Gasteiger partial charge >= 0.3 is 0 Å². The van der Waals surface area contributed by atoms with Crippen LogP contribution in [0.25, 0.3) is 0 Å². The van der Waals surface area contributed by atoms with Gasteiger partial charge in [0.1, 0.15) is 5.82 Å². The van der Waals surface area contributed by atoms with Crippen LogP contribution in [-0.2, 0) is 11.3 Å². The Morgan fingerprint density at radius 1 is 1.07 bits per heavy atom. The van der Waals surface area contributed by atoms with Crippen LogP contribution < -0.4 is 0 Å². The smallest absolute Gasteiger partial charge is 0.222 e. The Kier molecular flexibility index (Phi) is 5.85. The van der Waals surface area contributed by atoms with E-state index < -0.39 is 0 Å². The third-order valence-electron chi connectivity index (χ3n) is 6.19. The van der Waals surface area contributed by atoms with Crippen LogP contribution in [0.4, 0.5) is 0 Å². The summed E-state index contributed by atoms with van der Waals surface area (Å²) in [6, 6.07) is 6.00. The Morgan fingerprint density at radius 3 is 2.78 bits per heavy atom. The lowest BCUT2D eigenvalue weighted by Gasteiger charge is -2.33.